The van der Waals surface area contributed by atoms with Crippen molar-refractivity contribution in [3.05, 3.63) is 0 Å². The Balaban J connectivity index is 2.13. The van der Waals surface area contributed by atoms with Crippen LogP contribution in [0.4, 0.5) is 0 Å². The molecule has 2 aliphatic rings. The molecule has 108 valence electrons. The highest BCUT2D eigenvalue weighted by Crippen LogP contribution is 2.23. The minimum Gasteiger partial charge on any atom is -0.340 e. The maximum Gasteiger partial charge on any atom is 0.248 e. The predicted molar refractivity (Wildman–Crippen MR) is 73.7 cm³/mol. The van der Waals surface area contributed by atoms with E-state index in [1.807, 2.05) is 18.7 Å². The molecule has 0 bridgehead atoms. The van der Waals surface area contributed by atoms with E-state index in [0.29, 0.717) is 6.42 Å². The number of nitrogens with zero attached hydrogens (tertiary/aromatic N) is 2. The van der Waals surface area contributed by atoms with Crippen LogP contribution in [0.3, 0.4) is 0 Å². The SMILES string of the molecule is CCN1CCCC(N2CC(=O)NC(C)(CC)C2=O)C1. The van der Waals surface area contributed by atoms with Gasteiger partial charge in [-0.1, -0.05) is 13.8 Å². The molecule has 2 unspecified atom stereocenters. The molecule has 0 saturated carbocycles. The Labute approximate surface area is 115 Å². The number of nitrogens with one attached hydrogen (secondary N) is 1. The topological polar surface area (TPSA) is 52.6 Å². The zero-order valence-electron chi connectivity index (χ0n) is 12.2. The van der Waals surface area contributed by atoms with Crippen molar-refractivity contribution in [2.24, 2.45) is 0 Å². The molecule has 2 amide bonds. The second kappa shape index (κ2) is 5.49. The lowest BCUT2D eigenvalue weighted by Crippen LogP contribution is -2.68. The van der Waals surface area contributed by atoms with Crippen LogP contribution in [-0.4, -0.2) is 59.4 Å². The molecule has 0 spiro atoms. The van der Waals surface area contributed by atoms with Gasteiger partial charge in [0.15, 0.2) is 0 Å². The van der Waals surface area contributed by atoms with Gasteiger partial charge in [0.05, 0.1) is 6.54 Å². The summed E-state index contributed by atoms with van der Waals surface area (Å²) in [6, 6.07) is 0.193. The van der Waals surface area contributed by atoms with Crippen molar-refractivity contribution < 1.29 is 9.59 Å². The van der Waals surface area contributed by atoms with Gasteiger partial charge in [0.25, 0.3) is 0 Å². The first kappa shape index (κ1) is 14.3. The molecule has 2 saturated heterocycles. The first-order valence-corrected chi connectivity index (χ1v) is 7.34. The predicted octanol–water partition coefficient (Wildman–Crippen LogP) is 0.598. The minimum absolute atomic E-state index is 0.0300. The van der Waals surface area contributed by atoms with Crippen LogP contribution in [0.1, 0.15) is 40.0 Å². The van der Waals surface area contributed by atoms with Gasteiger partial charge in [0.1, 0.15) is 5.54 Å². The highest BCUT2D eigenvalue weighted by Gasteiger charge is 2.44. The highest BCUT2D eigenvalue weighted by molar-refractivity contribution is 5.97. The molecule has 2 heterocycles. The number of amides is 2. The molecule has 0 aromatic rings. The zero-order chi connectivity index (χ0) is 14.0. The van der Waals surface area contributed by atoms with Gasteiger partial charge in [-0.2, -0.15) is 0 Å². The van der Waals surface area contributed by atoms with Crippen molar-refractivity contribution in [2.75, 3.05) is 26.2 Å². The number of hydrogen-bond acceptors (Lipinski definition) is 3. The third-order valence-corrected chi connectivity index (χ3v) is 4.54. The summed E-state index contributed by atoms with van der Waals surface area (Å²) in [6.07, 6.45) is 2.75. The monoisotopic (exact) mass is 267 g/mol. The molecule has 0 aliphatic carbocycles. The Morgan fingerprint density at radius 3 is 2.74 bits per heavy atom. The lowest BCUT2D eigenvalue weighted by molar-refractivity contribution is -0.153. The lowest BCUT2D eigenvalue weighted by Gasteiger charge is -2.45. The average molecular weight is 267 g/mol. The molecule has 19 heavy (non-hydrogen) atoms. The second-order valence-electron chi connectivity index (χ2n) is 5.86. The maximum atomic E-state index is 12.6. The summed E-state index contributed by atoms with van der Waals surface area (Å²) in [5.41, 5.74) is -0.718. The summed E-state index contributed by atoms with van der Waals surface area (Å²) in [7, 11) is 0. The molecule has 5 nitrogen and oxygen atoms in total. The summed E-state index contributed by atoms with van der Waals surface area (Å²) < 4.78 is 0. The van der Waals surface area contributed by atoms with Crippen molar-refractivity contribution in [3.63, 3.8) is 0 Å². The number of piperazine rings is 1. The van der Waals surface area contributed by atoms with Gasteiger partial charge in [0.2, 0.25) is 11.8 Å². The van der Waals surface area contributed by atoms with Crippen LogP contribution in [0.25, 0.3) is 0 Å². The van der Waals surface area contributed by atoms with E-state index in [4.69, 9.17) is 0 Å². The number of likely N-dealkylation sites (N-methyl/N-ethyl adjacent to an activating group) is 1. The van der Waals surface area contributed by atoms with Crippen LogP contribution >= 0.6 is 0 Å². The molecule has 0 aromatic heterocycles. The van der Waals surface area contributed by atoms with Crippen molar-refractivity contribution in [2.45, 2.75) is 51.6 Å². The third-order valence-electron chi connectivity index (χ3n) is 4.54. The van der Waals surface area contributed by atoms with E-state index in [0.717, 1.165) is 32.5 Å². The number of carbonyl (C=O) groups is 2. The first-order chi connectivity index (χ1) is 9.00. The standard InChI is InChI=1S/C14H25N3O2/c1-4-14(3)13(19)17(10-12(18)15-14)11-7-6-8-16(5-2)9-11/h11H,4-10H2,1-3H3,(H,15,18). The maximum absolute atomic E-state index is 12.6. The minimum atomic E-state index is -0.718. The quantitative estimate of drug-likeness (QED) is 0.814. The van der Waals surface area contributed by atoms with E-state index in [9.17, 15) is 9.59 Å². The van der Waals surface area contributed by atoms with Gasteiger partial charge >= 0.3 is 0 Å². The Kier molecular flexibility index (Phi) is 4.13. The van der Waals surface area contributed by atoms with E-state index in [-0.39, 0.29) is 24.4 Å². The molecular weight excluding hydrogens is 242 g/mol. The molecule has 2 fully saturated rings. The van der Waals surface area contributed by atoms with Gasteiger partial charge in [0, 0.05) is 12.6 Å². The fourth-order valence-corrected chi connectivity index (χ4v) is 3.05. The fourth-order valence-electron chi connectivity index (χ4n) is 3.05. The van der Waals surface area contributed by atoms with Crippen molar-refractivity contribution in [1.82, 2.24) is 15.1 Å². The highest BCUT2D eigenvalue weighted by atomic mass is 16.2. The van der Waals surface area contributed by atoms with Crippen LogP contribution in [0, 0.1) is 0 Å². The summed E-state index contributed by atoms with van der Waals surface area (Å²) >= 11 is 0. The van der Waals surface area contributed by atoms with E-state index >= 15 is 0 Å². The number of hydrogen-bond donors (Lipinski definition) is 1. The van der Waals surface area contributed by atoms with Gasteiger partial charge in [-0.15, -0.1) is 0 Å². The normalized spacial score (nSPS) is 33.4. The van der Waals surface area contributed by atoms with Crippen LogP contribution in [0.2, 0.25) is 0 Å². The number of likely N-dealkylation sites (tertiary alicyclic amines) is 1. The Morgan fingerprint density at radius 2 is 2.11 bits per heavy atom. The van der Waals surface area contributed by atoms with Crippen molar-refractivity contribution in [3.8, 4) is 0 Å². The summed E-state index contributed by atoms with van der Waals surface area (Å²) in [4.78, 5) is 28.6. The Bertz CT molecular complexity index is 372. The number of carbonyl (C=O) groups excluding carboxylic acids is 2. The summed E-state index contributed by atoms with van der Waals surface area (Å²) in [5, 5.41) is 2.84. The Morgan fingerprint density at radius 1 is 1.37 bits per heavy atom. The van der Waals surface area contributed by atoms with E-state index in [2.05, 4.69) is 17.1 Å². The van der Waals surface area contributed by atoms with Crippen LogP contribution in [-0.2, 0) is 9.59 Å². The van der Waals surface area contributed by atoms with Crippen LogP contribution in [0.15, 0.2) is 0 Å². The van der Waals surface area contributed by atoms with Gasteiger partial charge < -0.3 is 15.1 Å². The molecule has 2 aliphatic heterocycles. The molecule has 2 atom stereocenters. The van der Waals surface area contributed by atoms with Gasteiger partial charge in [-0.3, -0.25) is 9.59 Å². The zero-order valence-corrected chi connectivity index (χ0v) is 12.2. The van der Waals surface area contributed by atoms with Gasteiger partial charge in [-0.05, 0) is 39.3 Å². The van der Waals surface area contributed by atoms with E-state index in [1.54, 1.807) is 0 Å². The second-order valence-corrected chi connectivity index (χ2v) is 5.86. The van der Waals surface area contributed by atoms with Crippen LogP contribution < -0.4 is 5.32 Å². The van der Waals surface area contributed by atoms with Crippen molar-refractivity contribution in [1.29, 1.82) is 0 Å². The molecule has 2 rings (SSSR count). The average Bonchev–Trinajstić information content (AvgIpc) is 2.43. The largest absolute Gasteiger partial charge is 0.340 e. The third kappa shape index (κ3) is 2.76. The molecular formula is C14H25N3O2. The van der Waals surface area contributed by atoms with E-state index in [1.165, 1.54) is 0 Å². The summed E-state index contributed by atoms with van der Waals surface area (Å²) in [6.45, 7) is 9.15. The molecule has 1 N–H and O–H groups in total. The molecule has 5 heteroatoms. The first-order valence-electron chi connectivity index (χ1n) is 7.34. The summed E-state index contributed by atoms with van der Waals surface area (Å²) in [5.74, 6) is 0.0510. The fraction of sp³-hybridized carbons (Fsp3) is 0.857. The van der Waals surface area contributed by atoms with E-state index < -0.39 is 5.54 Å². The number of rotatable bonds is 3. The molecule has 0 aromatic carbocycles. The van der Waals surface area contributed by atoms with Crippen LogP contribution in [0.5, 0.6) is 0 Å². The van der Waals surface area contributed by atoms with Gasteiger partial charge in [-0.25, -0.2) is 0 Å². The Hall–Kier alpha value is -1.10. The number of piperidine rings is 1. The lowest BCUT2D eigenvalue weighted by atomic mass is 9.92. The van der Waals surface area contributed by atoms with Crippen molar-refractivity contribution >= 4 is 11.8 Å². The smallest absolute Gasteiger partial charge is 0.248 e. The molecule has 0 radical (unpaired) electrons.